The number of carbonyl (C=O) groups excluding carboxylic acids is 2. The normalized spacial score (nSPS) is 16.1. The second kappa shape index (κ2) is 13.0. The number of hydrogen-bond acceptors (Lipinski definition) is 7. The highest BCUT2D eigenvalue weighted by Crippen LogP contribution is 2.45. The van der Waals surface area contributed by atoms with E-state index in [2.05, 4.69) is 10.2 Å². The summed E-state index contributed by atoms with van der Waals surface area (Å²) >= 11 is 7.03. The van der Waals surface area contributed by atoms with E-state index in [1.54, 1.807) is 33.1 Å². The summed E-state index contributed by atoms with van der Waals surface area (Å²) in [6.45, 7) is 6.17. The fourth-order valence-corrected chi connectivity index (χ4v) is 7.13. The summed E-state index contributed by atoms with van der Waals surface area (Å²) in [5, 5.41) is 2.97. The van der Waals surface area contributed by atoms with E-state index in [4.69, 9.17) is 21.3 Å². The van der Waals surface area contributed by atoms with Gasteiger partial charge in [0.1, 0.15) is 11.4 Å². The van der Waals surface area contributed by atoms with Crippen LogP contribution in [0.25, 0.3) is 22.4 Å². The van der Waals surface area contributed by atoms with Gasteiger partial charge in [-0.3, -0.25) is 23.9 Å². The monoisotopic (exact) mass is 674 g/mol. The molecule has 0 unspecified atom stereocenters. The fraction of sp³-hybridized carbons (Fsp3) is 0.343. The molecule has 0 bridgehead atoms. The number of hydrogen-bond donors (Lipinski definition) is 1. The number of methoxy groups -OCH3 is 1. The average molecular weight is 675 g/mol. The number of benzene rings is 2. The van der Waals surface area contributed by atoms with Crippen LogP contribution in [0.4, 0.5) is 10.1 Å². The summed E-state index contributed by atoms with van der Waals surface area (Å²) < 4.78 is 23.4. The van der Waals surface area contributed by atoms with Crippen LogP contribution in [-0.4, -0.2) is 69.0 Å². The summed E-state index contributed by atoms with van der Waals surface area (Å²) in [6, 6.07) is 10.1. The number of piperazine rings is 1. The highest BCUT2D eigenvalue weighted by Gasteiger charge is 2.35. The fourth-order valence-electron chi connectivity index (χ4n) is 6.81. The van der Waals surface area contributed by atoms with Crippen molar-refractivity contribution >= 4 is 29.1 Å². The Labute approximate surface area is 281 Å². The molecule has 2 aromatic heterocycles. The Kier molecular flexibility index (Phi) is 8.97. The molecule has 0 radical (unpaired) electrons. The van der Waals surface area contributed by atoms with Gasteiger partial charge in [0.2, 0.25) is 11.8 Å². The van der Waals surface area contributed by atoms with Gasteiger partial charge in [-0.05, 0) is 49.1 Å². The van der Waals surface area contributed by atoms with Crippen LogP contribution in [-0.2, 0) is 25.3 Å². The summed E-state index contributed by atoms with van der Waals surface area (Å²) in [5.41, 5.74) is 3.06. The molecule has 250 valence electrons. The van der Waals surface area contributed by atoms with Crippen LogP contribution in [0, 0.1) is 12.7 Å². The first-order valence-corrected chi connectivity index (χ1v) is 16.0. The van der Waals surface area contributed by atoms with Crippen molar-refractivity contribution < 1.29 is 18.7 Å². The number of nitrogens with one attached hydrogen (secondary N) is 1. The van der Waals surface area contributed by atoms with Crippen molar-refractivity contribution in [2.45, 2.75) is 32.7 Å². The van der Waals surface area contributed by atoms with Gasteiger partial charge in [0.15, 0.2) is 0 Å². The molecule has 2 aromatic carbocycles. The standard InChI is InChI=1S/C35H36ClFN6O5/c1-19-26(38-32(45)24-18-40(3)35(47)41(4)34(24)46)11-10-25(37)29(19)23-8-6-7-22(31(23)36)27-17-21-9-12-28(30(21)33(39-27)48-5)43-15-13-42(14-16-43)20(2)44/h6-8,10-11,17-18,28H,9,12-16H2,1-5H3,(H,38,45)/t28-/m0/s1. The van der Waals surface area contributed by atoms with E-state index in [1.807, 2.05) is 17.0 Å². The molecular formula is C35H36ClFN6O5. The highest BCUT2D eigenvalue weighted by atomic mass is 35.5. The molecule has 48 heavy (non-hydrogen) atoms. The van der Waals surface area contributed by atoms with Crippen molar-refractivity contribution in [2.24, 2.45) is 14.1 Å². The van der Waals surface area contributed by atoms with Crippen molar-refractivity contribution in [3.05, 3.63) is 96.5 Å². The Hall–Kier alpha value is -4.81. The first kappa shape index (κ1) is 33.1. The first-order valence-electron chi connectivity index (χ1n) is 15.6. The molecule has 1 saturated heterocycles. The number of anilines is 1. The molecule has 2 amide bonds. The molecule has 1 atom stereocenters. The third-order valence-corrected chi connectivity index (χ3v) is 9.83. The lowest BCUT2D eigenvalue weighted by Gasteiger charge is -2.38. The third kappa shape index (κ3) is 5.79. The van der Waals surface area contributed by atoms with Crippen molar-refractivity contribution in [3.63, 3.8) is 0 Å². The topological polar surface area (TPSA) is 119 Å². The quantitative estimate of drug-likeness (QED) is 0.324. The van der Waals surface area contributed by atoms with Gasteiger partial charge in [-0.15, -0.1) is 0 Å². The van der Waals surface area contributed by atoms with E-state index in [9.17, 15) is 19.2 Å². The molecule has 3 heterocycles. The van der Waals surface area contributed by atoms with Crippen LogP contribution in [0.3, 0.4) is 0 Å². The van der Waals surface area contributed by atoms with Crippen LogP contribution in [0.1, 0.15) is 46.4 Å². The number of aryl methyl sites for hydroxylation is 2. The van der Waals surface area contributed by atoms with Gasteiger partial charge in [-0.1, -0.05) is 29.8 Å². The maximum absolute atomic E-state index is 15.6. The molecule has 0 spiro atoms. The highest BCUT2D eigenvalue weighted by molar-refractivity contribution is 6.36. The summed E-state index contributed by atoms with van der Waals surface area (Å²) in [6.07, 6.45) is 2.90. The van der Waals surface area contributed by atoms with Gasteiger partial charge in [-0.2, -0.15) is 0 Å². The van der Waals surface area contributed by atoms with E-state index in [0.717, 1.165) is 46.2 Å². The van der Waals surface area contributed by atoms with Crippen molar-refractivity contribution in [1.29, 1.82) is 0 Å². The number of aromatic nitrogens is 3. The van der Waals surface area contributed by atoms with Crippen LogP contribution in [0.2, 0.25) is 5.02 Å². The van der Waals surface area contributed by atoms with Crippen LogP contribution in [0.5, 0.6) is 5.88 Å². The number of ether oxygens (including phenoxy) is 1. The van der Waals surface area contributed by atoms with Gasteiger partial charge in [0.25, 0.3) is 11.5 Å². The van der Waals surface area contributed by atoms with E-state index < -0.39 is 23.0 Å². The zero-order valence-corrected chi connectivity index (χ0v) is 28.2. The van der Waals surface area contributed by atoms with Crippen LogP contribution < -0.4 is 21.3 Å². The first-order chi connectivity index (χ1) is 22.9. The lowest BCUT2D eigenvalue weighted by molar-refractivity contribution is -0.130. The lowest BCUT2D eigenvalue weighted by atomic mass is 9.95. The Balaban J connectivity index is 1.33. The maximum Gasteiger partial charge on any atom is 0.330 e. The molecule has 1 fully saturated rings. The van der Waals surface area contributed by atoms with Gasteiger partial charge >= 0.3 is 5.69 Å². The van der Waals surface area contributed by atoms with E-state index in [-0.39, 0.29) is 33.8 Å². The molecule has 1 aliphatic carbocycles. The Morgan fingerprint density at radius 2 is 1.77 bits per heavy atom. The molecule has 4 aromatic rings. The predicted molar refractivity (Wildman–Crippen MR) is 181 cm³/mol. The number of nitrogens with zero attached hydrogens (tertiary/aromatic N) is 5. The Bertz CT molecular complexity index is 2090. The Morgan fingerprint density at radius 1 is 1.06 bits per heavy atom. The maximum atomic E-state index is 15.6. The number of halogens is 2. The minimum atomic E-state index is -0.745. The molecular weight excluding hydrogens is 639 g/mol. The summed E-state index contributed by atoms with van der Waals surface area (Å²) in [5.74, 6) is -0.684. The lowest BCUT2D eigenvalue weighted by Crippen LogP contribution is -2.48. The van der Waals surface area contributed by atoms with E-state index in [0.29, 0.717) is 41.4 Å². The minimum Gasteiger partial charge on any atom is -0.481 e. The second-order valence-electron chi connectivity index (χ2n) is 12.2. The van der Waals surface area contributed by atoms with E-state index in [1.165, 1.54) is 32.4 Å². The molecule has 1 aliphatic heterocycles. The van der Waals surface area contributed by atoms with Crippen molar-refractivity contribution in [2.75, 3.05) is 38.6 Å². The molecule has 0 saturated carbocycles. The van der Waals surface area contributed by atoms with Crippen LogP contribution >= 0.6 is 11.6 Å². The summed E-state index contributed by atoms with van der Waals surface area (Å²) in [4.78, 5) is 58.9. The second-order valence-corrected chi connectivity index (χ2v) is 12.6. The molecule has 11 nitrogen and oxygen atoms in total. The molecule has 2 aliphatic rings. The number of rotatable bonds is 6. The number of amides is 2. The van der Waals surface area contributed by atoms with Crippen molar-refractivity contribution in [1.82, 2.24) is 23.9 Å². The minimum absolute atomic E-state index is 0.0874. The third-order valence-electron chi connectivity index (χ3n) is 9.42. The Morgan fingerprint density at radius 3 is 2.46 bits per heavy atom. The van der Waals surface area contributed by atoms with Crippen LogP contribution in [0.15, 0.2) is 52.2 Å². The zero-order valence-electron chi connectivity index (χ0n) is 27.4. The van der Waals surface area contributed by atoms with Gasteiger partial charge in [-0.25, -0.2) is 14.2 Å². The molecule has 1 N–H and O–H groups in total. The van der Waals surface area contributed by atoms with Gasteiger partial charge in [0.05, 0.1) is 17.8 Å². The van der Waals surface area contributed by atoms with Gasteiger partial charge in [0, 0.05) is 87.4 Å². The largest absolute Gasteiger partial charge is 0.481 e. The predicted octanol–water partition coefficient (Wildman–Crippen LogP) is 4.33. The van der Waals surface area contributed by atoms with Crippen molar-refractivity contribution in [3.8, 4) is 28.3 Å². The zero-order chi connectivity index (χ0) is 34.4. The summed E-state index contributed by atoms with van der Waals surface area (Å²) in [7, 11) is 4.33. The smallest absolute Gasteiger partial charge is 0.330 e. The van der Waals surface area contributed by atoms with Gasteiger partial charge < -0.3 is 19.5 Å². The molecule has 13 heteroatoms. The SMILES string of the molecule is COc1nc(-c2cccc(-c3c(F)ccc(NC(=O)c4cn(C)c(=O)n(C)c4=O)c3C)c2Cl)cc2c1[C@@H](N1CCN(C(C)=O)CC1)CC2. The number of fused-ring (bicyclic) bond motifs is 1. The molecule has 6 rings (SSSR count). The number of pyridine rings is 1. The van der Waals surface area contributed by atoms with E-state index >= 15 is 4.39 Å². The number of carbonyl (C=O) groups is 2. The average Bonchev–Trinajstić information content (AvgIpc) is 3.51.